The van der Waals surface area contributed by atoms with Gasteiger partial charge in [-0.2, -0.15) is 0 Å². The minimum absolute atomic E-state index is 0.864. The first-order valence-electron chi connectivity index (χ1n) is 5.12. The second kappa shape index (κ2) is 4.97. The van der Waals surface area contributed by atoms with Gasteiger partial charge in [0, 0.05) is 18.2 Å². The first kappa shape index (κ1) is 11.6. The lowest BCUT2D eigenvalue weighted by Gasteiger charge is -1.99. The molecule has 0 saturated carbocycles. The van der Waals surface area contributed by atoms with E-state index in [4.69, 9.17) is 0 Å². The number of aryl methyl sites for hydroxylation is 2. The van der Waals surface area contributed by atoms with Crippen LogP contribution in [0.4, 0.5) is 0 Å². The van der Waals surface area contributed by atoms with Crippen LogP contribution < -0.4 is 0 Å². The highest BCUT2D eigenvalue weighted by Crippen LogP contribution is 2.22. The molecule has 0 fully saturated rings. The summed E-state index contributed by atoms with van der Waals surface area (Å²) in [5, 5.41) is 12.4. The summed E-state index contributed by atoms with van der Waals surface area (Å²) >= 11 is 3.41. The summed E-state index contributed by atoms with van der Waals surface area (Å²) < 4.78 is 2.00. The fraction of sp³-hybridized carbons (Fsp3) is 0.500. The molecule has 0 N–H and O–H groups in total. The van der Waals surface area contributed by atoms with Gasteiger partial charge in [-0.15, -0.1) is 21.5 Å². The van der Waals surface area contributed by atoms with E-state index in [1.807, 2.05) is 18.5 Å². The molecule has 2 aromatic rings. The van der Waals surface area contributed by atoms with Gasteiger partial charge in [0.15, 0.2) is 5.16 Å². The minimum Gasteiger partial charge on any atom is -0.309 e. The van der Waals surface area contributed by atoms with Crippen molar-refractivity contribution in [3.05, 3.63) is 21.9 Å². The van der Waals surface area contributed by atoms with Crippen LogP contribution in [0.5, 0.6) is 0 Å². The highest BCUT2D eigenvalue weighted by Gasteiger charge is 2.07. The maximum absolute atomic E-state index is 4.52. The molecule has 0 aliphatic carbocycles. The van der Waals surface area contributed by atoms with Gasteiger partial charge in [-0.3, -0.25) is 0 Å². The lowest BCUT2D eigenvalue weighted by atomic mass is 10.5. The summed E-state index contributed by atoms with van der Waals surface area (Å²) in [6.07, 6.45) is 1.01. The Morgan fingerprint density at radius 1 is 1.44 bits per heavy atom. The van der Waals surface area contributed by atoms with Crippen LogP contribution in [0.15, 0.2) is 10.5 Å². The van der Waals surface area contributed by atoms with E-state index in [9.17, 15) is 0 Å². The molecular formula is C10H14N4S2. The first-order valence-corrected chi connectivity index (χ1v) is 6.99. The van der Waals surface area contributed by atoms with Crippen LogP contribution in [-0.2, 0) is 19.2 Å². The molecule has 2 aromatic heterocycles. The van der Waals surface area contributed by atoms with Crippen LogP contribution in [0, 0.1) is 6.92 Å². The molecule has 2 rings (SSSR count). The monoisotopic (exact) mass is 254 g/mol. The molecule has 86 valence electrons. The highest BCUT2D eigenvalue weighted by molar-refractivity contribution is 7.98. The van der Waals surface area contributed by atoms with Crippen LogP contribution >= 0.6 is 23.1 Å². The number of aromatic nitrogens is 4. The molecule has 0 aliphatic heterocycles. The number of hydrogen-bond acceptors (Lipinski definition) is 5. The Labute approximate surface area is 103 Å². The standard InChI is InChI=1S/C10H14N4S2/c1-4-9-11-8(5-15-9)6-16-10-13-12-7(2)14(10)3/h5H,4,6H2,1-3H3. The third kappa shape index (κ3) is 2.44. The van der Waals surface area contributed by atoms with Gasteiger partial charge in [-0.05, 0) is 13.3 Å². The molecule has 6 heteroatoms. The van der Waals surface area contributed by atoms with E-state index < -0.39 is 0 Å². The van der Waals surface area contributed by atoms with E-state index in [1.54, 1.807) is 23.1 Å². The Hall–Kier alpha value is -0.880. The minimum atomic E-state index is 0.864. The van der Waals surface area contributed by atoms with E-state index in [0.29, 0.717) is 0 Å². The Morgan fingerprint density at radius 3 is 2.81 bits per heavy atom. The van der Waals surface area contributed by atoms with Crippen molar-refractivity contribution in [1.29, 1.82) is 0 Å². The third-order valence-corrected chi connectivity index (χ3v) is 4.40. The van der Waals surface area contributed by atoms with Crippen LogP contribution in [0.1, 0.15) is 23.4 Å². The zero-order chi connectivity index (χ0) is 11.5. The predicted octanol–water partition coefficient (Wildman–Crippen LogP) is 2.43. The fourth-order valence-corrected chi connectivity index (χ4v) is 2.93. The number of hydrogen-bond donors (Lipinski definition) is 0. The van der Waals surface area contributed by atoms with Crippen molar-refractivity contribution >= 4 is 23.1 Å². The van der Waals surface area contributed by atoms with Gasteiger partial charge in [-0.25, -0.2) is 4.98 Å². The van der Waals surface area contributed by atoms with Crippen molar-refractivity contribution in [2.45, 2.75) is 31.2 Å². The normalized spacial score (nSPS) is 10.9. The second-order valence-corrected chi connectivity index (χ2v) is 5.35. The summed E-state index contributed by atoms with van der Waals surface area (Å²) in [5.41, 5.74) is 1.13. The highest BCUT2D eigenvalue weighted by atomic mass is 32.2. The van der Waals surface area contributed by atoms with Crippen molar-refractivity contribution < 1.29 is 0 Å². The van der Waals surface area contributed by atoms with Crippen LogP contribution in [0.3, 0.4) is 0 Å². The van der Waals surface area contributed by atoms with E-state index in [1.165, 1.54) is 5.01 Å². The molecule has 0 amide bonds. The lowest BCUT2D eigenvalue weighted by Crippen LogP contribution is -1.94. The first-order chi connectivity index (χ1) is 7.70. The van der Waals surface area contributed by atoms with Gasteiger partial charge >= 0.3 is 0 Å². The van der Waals surface area contributed by atoms with E-state index in [2.05, 4.69) is 27.5 Å². The van der Waals surface area contributed by atoms with Gasteiger partial charge in [0.1, 0.15) is 5.82 Å². The number of rotatable bonds is 4. The average Bonchev–Trinajstić information content (AvgIpc) is 2.86. The summed E-state index contributed by atoms with van der Waals surface area (Å²) in [6, 6.07) is 0. The number of thiazole rings is 1. The molecule has 0 bridgehead atoms. The molecule has 4 nitrogen and oxygen atoms in total. The summed E-state index contributed by atoms with van der Waals surface area (Å²) in [7, 11) is 1.98. The van der Waals surface area contributed by atoms with Crippen LogP contribution in [0.25, 0.3) is 0 Å². The smallest absolute Gasteiger partial charge is 0.191 e. The third-order valence-electron chi connectivity index (χ3n) is 2.30. The van der Waals surface area contributed by atoms with E-state index in [0.717, 1.165) is 28.8 Å². The molecular weight excluding hydrogens is 240 g/mol. The van der Waals surface area contributed by atoms with Gasteiger partial charge in [-0.1, -0.05) is 18.7 Å². The Kier molecular flexibility index (Phi) is 3.60. The van der Waals surface area contributed by atoms with E-state index >= 15 is 0 Å². The van der Waals surface area contributed by atoms with Crippen LogP contribution in [-0.4, -0.2) is 19.7 Å². The Balaban J connectivity index is 1.99. The van der Waals surface area contributed by atoms with Gasteiger partial charge in [0.25, 0.3) is 0 Å². The molecule has 0 aliphatic rings. The molecule has 16 heavy (non-hydrogen) atoms. The van der Waals surface area contributed by atoms with Crippen molar-refractivity contribution in [2.75, 3.05) is 0 Å². The maximum atomic E-state index is 4.52. The SMILES string of the molecule is CCc1nc(CSc2nnc(C)n2C)cs1. The van der Waals surface area contributed by atoms with Crippen molar-refractivity contribution in [2.24, 2.45) is 7.05 Å². The van der Waals surface area contributed by atoms with Gasteiger partial charge in [0.2, 0.25) is 0 Å². The molecule has 0 spiro atoms. The quantitative estimate of drug-likeness (QED) is 0.786. The van der Waals surface area contributed by atoms with Gasteiger partial charge in [0.05, 0.1) is 10.7 Å². The molecule has 2 heterocycles. The lowest BCUT2D eigenvalue weighted by molar-refractivity contribution is 0.765. The molecule has 0 aromatic carbocycles. The zero-order valence-corrected chi connectivity index (χ0v) is 11.2. The average molecular weight is 254 g/mol. The number of nitrogens with zero attached hydrogens (tertiary/aromatic N) is 4. The summed E-state index contributed by atoms with van der Waals surface area (Å²) in [4.78, 5) is 4.52. The zero-order valence-electron chi connectivity index (χ0n) is 9.60. The Bertz CT molecular complexity index is 475. The Morgan fingerprint density at radius 2 is 2.25 bits per heavy atom. The maximum Gasteiger partial charge on any atom is 0.191 e. The summed E-state index contributed by atoms with van der Waals surface area (Å²) in [6.45, 7) is 4.08. The summed E-state index contributed by atoms with van der Waals surface area (Å²) in [5.74, 6) is 1.80. The van der Waals surface area contributed by atoms with Crippen molar-refractivity contribution in [1.82, 2.24) is 19.7 Å². The van der Waals surface area contributed by atoms with Crippen molar-refractivity contribution in [3.63, 3.8) is 0 Å². The molecule has 0 radical (unpaired) electrons. The molecule has 0 unspecified atom stereocenters. The van der Waals surface area contributed by atoms with Gasteiger partial charge < -0.3 is 4.57 Å². The van der Waals surface area contributed by atoms with Crippen LogP contribution in [0.2, 0.25) is 0 Å². The largest absolute Gasteiger partial charge is 0.309 e. The fourth-order valence-electron chi connectivity index (χ4n) is 1.23. The number of thioether (sulfide) groups is 1. The van der Waals surface area contributed by atoms with E-state index in [-0.39, 0.29) is 0 Å². The molecule has 0 saturated heterocycles. The second-order valence-electron chi connectivity index (χ2n) is 3.46. The predicted molar refractivity (Wildman–Crippen MR) is 66.8 cm³/mol. The topological polar surface area (TPSA) is 43.6 Å². The molecule has 0 atom stereocenters. The van der Waals surface area contributed by atoms with Crippen molar-refractivity contribution in [3.8, 4) is 0 Å².